The Morgan fingerprint density at radius 2 is 1.80 bits per heavy atom. The van der Waals surface area contributed by atoms with Crippen molar-refractivity contribution in [2.45, 2.75) is 70.4 Å². The minimum atomic E-state index is 0.366. The van der Waals surface area contributed by atoms with Crippen molar-refractivity contribution in [3.63, 3.8) is 0 Å². The summed E-state index contributed by atoms with van der Waals surface area (Å²) in [5.41, 5.74) is 0. The molecule has 1 aliphatic carbocycles. The first-order valence-electron chi connectivity index (χ1n) is 6.52. The van der Waals surface area contributed by atoms with E-state index in [-0.39, 0.29) is 0 Å². The summed E-state index contributed by atoms with van der Waals surface area (Å²) < 4.78 is 0. The molecular weight excluding hydrogens is 186 g/mol. The van der Waals surface area contributed by atoms with Gasteiger partial charge in [0, 0.05) is 18.5 Å². The lowest BCUT2D eigenvalue weighted by molar-refractivity contribution is -0.118. The van der Waals surface area contributed by atoms with E-state index in [0.717, 1.165) is 12.5 Å². The number of rotatable bonds is 3. The summed E-state index contributed by atoms with van der Waals surface area (Å²) in [6, 6.07) is 1.37. The maximum absolute atomic E-state index is 11.2. The van der Waals surface area contributed by atoms with Crippen LogP contribution in [-0.2, 0) is 4.79 Å². The largest absolute Gasteiger partial charge is 0.300 e. The van der Waals surface area contributed by atoms with Crippen molar-refractivity contribution >= 4 is 5.78 Å². The highest BCUT2D eigenvalue weighted by Crippen LogP contribution is 2.30. The van der Waals surface area contributed by atoms with Gasteiger partial charge >= 0.3 is 0 Å². The second kappa shape index (κ2) is 5.11. The molecule has 86 valence electrons. The summed E-state index contributed by atoms with van der Waals surface area (Å²) in [6.45, 7) is 2.98. The van der Waals surface area contributed by atoms with Crippen molar-refractivity contribution in [3.8, 4) is 0 Å². The molecule has 0 bridgehead atoms. The van der Waals surface area contributed by atoms with Crippen LogP contribution >= 0.6 is 0 Å². The van der Waals surface area contributed by atoms with Crippen molar-refractivity contribution in [2.24, 2.45) is 0 Å². The summed E-state index contributed by atoms with van der Waals surface area (Å²) in [4.78, 5) is 13.9. The zero-order valence-corrected chi connectivity index (χ0v) is 9.87. The molecule has 0 spiro atoms. The minimum absolute atomic E-state index is 0.366. The molecule has 1 unspecified atom stereocenters. The van der Waals surface area contributed by atoms with E-state index in [1.54, 1.807) is 6.92 Å². The van der Waals surface area contributed by atoms with E-state index in [1.165, 1.54) is 51.5 Å². The van der Waals surface area contributed by atoms with Gasteiger partial charge in [-0.05, 0) is 39.2 Å². The second-order valence-corrected chi connectivity index (χ2v) is 5.23. The van der Waals surface area contributed by atoms with Crippen LogP contribution in [0.15, 0.2) is 0 Å². The minimum Gasteiger partial charge on any atom is -0.300 e. The molecule has 2 rings (SSSR count). The zero-order valence-electron chi connectivity index (χ0n) is 9.87. The molecule has 1 atom stereocenters. The number of hydrogen-bond acceptors (Lipinski definition) is 2. The van der Waals surface area contributed by atoms with Crippen LogP contribution < -0.4 is 0 Å². The fourth-order valence-electron chi connectivity index (χ4n) is 3.29. The third kappa shape index (κ3) is 2.81. The number of likely N-dealkylation sites (tertiary alicyclic amines) is 1. The predicted octanol–water partition coefficient (Wildman–Crippen LogP) is 2.76. The van der Waals surface area contributed by atoms with Gasteiger partial charge in [-0.25, -0.2) is 0 Å². The number of piperidine rings is 1. The van der Waals surface area contributed by atoms with Gasteiger partial charge in [-0.2, -0.15) is 0 Å². The summed E-state index contributed by atoms with van der Waals surface area (Å²) in [5, 5.41) is 0. The van der Waals surface area contributed by atoms with E-state index in [2.05, 4.69) is 4.90 Å². The topological polar surface area (TPSA) is 20.3 Å². The first-order valence-corrected chi connectivity index (χ1v) is 6.52. The molecule has 1 aliphatic heterocycles. The second-order valence-electron chi connectivity index (χ2n) is 5.23. The van der Waals surface area contributed by atoms with Gasteiger partial charge in [-0.1, -0.05) is 19.3 Å². The average molecular weight is 209 g/mol. The molecule has 1 saturated carbocycles. The van der Waals surface area contributed by atoms with Crippen LogP contribution in [0.4, 0.5) is 0 Å². The summed E-state index contributed by atoms with van der Waals surface area (Å²) >= 11 is 0. The number of carbonyl (C=O) groups is 1. The summed E-state index contributed by atoms with van der Waals surface area (Å²) in [5.74, 6) is 0.366. The van der Waals surface area contributed by atoms with Crippen LogP contribution in [0, 0.1) is 0 Å². The van der Waals surface area contributed by atoms with E-state index in [9.17, 15) is 4.79 Å². The molecule has 0 N–H and O–H groups in total. The first-order chi connectivity index (χ1) is 7.27. The number of carbonyl (C=O) groups excluding carboxylic acids is 1. The Balaban J connectivity index is 1.95. The highest BCUT2D eigenvalue weighted by Gasteiger charge is 2.30. The molecule has 2 heteroatoms. The van der Waals surface area contributed by atoms with Gasteiger partial charge in [0.2, 0.25) is 0 Å². The van der Waals surface area contributed by atoms with E-state index in [0.29, 0.717) is 11.8 Å². The highest BCUT2D eigenvalue weighted by atomic mass is 16.1. The van der Waals surface area contributed by atoms with Gasteiger partial charge in [0.25, 0.3) is 0 Å². The van der Waals surface area contributed by atoms with Crippen LogP contribution in [-0.4, -0.2) is 29.3 Å². The standard InChI is InChI=1S/C13H23NO/c1-11(15)10-13-8-4-5-9-14(13)12-6-2-3-7-12/h12-13H,2-10H2,1H3. The van der Waals surface area contributed by atoms with Gasteiger partial charge in [0.05, 0.1) is 0 Å². The maximum atomic E-state index is 11.2. The van der Waals surface area contributed by atoms with Crippen LogP contribution in [0.3, 0.4) is 0 Å². The van der Waals surface area contributed by atoms with Crippen molar-refractivity contribution in [2.75, 3.05) is 6.54 Å². The SMILES string of the molecule is CC(=O)CC1CCCCN1C1CCCC1. The van der Waals surface area contributed by atoms with Crippen molar-refractivity contribution in [1.82, 2.24) is 4.90 Å². The molecule has 15 heavy (non-hydrogen) atoms. The molecule has 0 aromatic carbocycles. The lowest BCUT2D eigenvalue weighted by atomic mass is 9.95. The molecule has 1 saturated heterocycles. The molecular formula is C13H23NO. The monoisotopic (exact) mass is 209 g/mol. The smallest absolute Gasteiger partial charge is 0.131 e. The molecule has 2 nitrogen and oxygen atoms in total. The predicted molar refractivity (Wildman–Crippen MR) is 61.9 cm³/mol. The average Bonchev–Trinajstić information content (AvgIpc) is 2.70. The van der Waals surface area contributed by atoms with Gasteiger partial charge in [0.15, 0.2) is 0 Å². The fourth-order valence-corrected chi connectivity index (χ4v) is 3.29. The van der Waals surface area contributed by atoms with Crippen molar-refractivity contribution in [3.05, 3.63) is 0 Å². The Bertz CT molecular complexity index is 221. The van der Waals surface area contributed by atoms with Crippen molar-refractivity contribution in [1.29, 1.82) is 0 Å². The summed E-state index contributed by atoms with van der Waals surface area (Å²) in [6.07, 6.45) is 10.2. The molecule has 2 fully saturated rings. The lowest BCUT2D eigenvalue weighted by Gasteiger charge is -2.39. The van der Waals surface area contributed by atoms with Crippen LogP contribution in [0.5, 0.6) is 0 Å². The third-order valence-electron chi connectivity index (χ3n) is 3.99. The molecule has 1 heterocycles. The van der Waals surface area contributed by atoms with E-state index >= 15 is 0 Å². The molecule has 0 amide bonds. The fraction of sp³-hybridized carbons (Fsp3) is 0.923. The maximum Gasteiger partial charge on any atom is 0.131 e. The summed E-state index contributed by atoms with van der Waals surface area (Å²) in [7, 11) is 0. The lowest BCUT2D eigenvalue weighted by Crippen LogP contribution is -2.45. The van der Waals surface area contributed by atoms with E-state index < -0.39 is 0 Å². The Morgan fingerprint density at radius 3 is 2.47 bits per heavy atom. The van der Waals surface area contributed by atoms with Crippen LogP contribution in [0.2, 0.25) is 0 Å². The van der Waals surface area contributed by atoms with Crippen LogP contribution in [0.25, 0.3) is 0 Å². The van der Waals surface area contributed by atoms with Gasteiger partial charge in [-0.3, -0.25) is 9.69 Å². The highest BCUT2D eigenvalue weighted by molar-refractivity contribution is 5.76. The third-order valence-corrected chi connectivity index (χ3v) is 3.99. The number of hydrogen-bond donors (Lipinski definition) is 0. The Labute approximate surface area is 93.0 Å². The quantitative estimate of drug-likeness (QED) is 0.712. The van der Waals surface area contributed by atoms with Gasteiger partial charge < -0.3 is 0 Å². The van der Waals surface area contributed by atoms with E-state index in [1.807, 2.05) is 0 Å². The van der Waals surface area contributed by atoms with Crippen LogP contribution in [0.1, 0.15) is 58.3 Å². The molecule has 2 aliphatic rings. The number of ketones is 1. The van der Waals surface area contributed by atoms with Crippen molar-refractivity contribution < 1.29 is 4.79 Å². The molecule has 0 radical (unpaired) electrons. The van der Waals surface area contributed by atoms with Gasteiger partial charge in [0.1, 0.15) is 5.78 Å². The Hall–Kier alpha value is -0.370. The van der Waals surface area contributed by atoms with Gasteiger partial charge in [-0.15, -0.1) is 0 Å². The number of nitrogens with zero attached hydrogens (tertiary/aromatic N) is 1. The Kier molecular flexibility index (Phi) is 3.79. The normalized spacial score (nSPS) is 29.5. The molecule has 0 aromatic rings. The molecule has 0 aromatic heterocycles. The number of Topliss-reactive ketones (excluding diaryl/α,β-unsaturated/α-hetero) is 1. The van der Waals surface area contributed by atoms with E-state index in [4.69, 9.17) is 0 Å². The Morgan fingerprint density at radius 1 is 1.13 bits per heavy atom. The first kappa shape index (κ1) is 11.1. The zero-order chi connectivity index (χ0) is 10.7.